The summed E-state index contributed by atoms with van der Waals surface area (Å²) in [6.07, 6.45) is -6.41. The van der Waals surface area contributed by atoms with Crippen molar-refractivity contribution in [3.63, 3.8) is 0 Å². The average molecular weight is 538 g/mol. The fraction of sp³-hybridized carbons (Fsp3) is 0.615. The maximum absolute atomic E-state index is 13.4. The van der Waals surface area contributed by atoms with E-state index in [-0.39, 0.29) is 35.8 Å². The number of hydrogen-bond donors (Lipinski definition) is 5. The molecule has 38 heavy (non-hydrogen) atoms. The number of carbonyl (C=O) groups excluding carboxylic acids is 1. The molecule has 1 aliphatic heterocycles. The van der Waals surface area contributed by atoms with Crippen molar-refractivity contribution in [2.75, 3.05) is 18.5 Å². The summed E-state index contributed by atoms with van der Waals surface area (Å²) < 4.78 is 39.3. The van der Waals surface area contributed by atoms with Crippen LogP contribution in [0.1, 0.15) is 65.2 Å². The van der Waals surface area contributed by atoms with Crippen molar-refractivity contribution in [3.05, 3.63) is 46.8 Å². The Morgan fingerprint density at radius 1 is 1.21 bits per heavy atom. The number of aryl methyl sites for hydroxylation is 1. The number of rotatable bonds is 8. The van der Waals surface area contributed by atoms with Crippen LogP contribution in [-0.4, -0.2) is 80.0 Å². The van der Waals surface area contributed by atoms with E-state index in [1.165, 1.54) is 17.9 Å². The Morgan fingerprint density at radius 3 is 2.66 bits per heavy atom. The third kappa shape index (κ3) is 4.63. The van der Waals surface area contributed by atoms with E-state index in [1.54, 1.807) is 6.07 Å². The quantitative estimate of drug-likeness (QED) is 0.342. The summed E-state index contributed by atoms with van der Waals surface area (Å²) in [7, 11) is 1.49. The molecule has 2 unspecified atom stereocenters. The van der Waals surface area contributed by atoms with Crippen molar-refractivity contribution in [1.82, 2.24) is 9.78 Å². The highest BCUT2D eigenvalue weighted by atomic mass is 19.3. The molecule has 2 heterocycles. The minimum Gasteiger partial charge on any atom is -0.394 e. The van der Waals surface area contributed by atoms with Crippen molar-refractivity contribution >= 4 is 11.6 Å². The van der Waals surface area contributed by atoms with Crippen molar-refractivity contribution in [2.45, 2.75) is 68.7 Å². The lowest BCUT2D eigenvalue weighted by atomic mass is 9.84. The standard InChI is InChI=1S/C26H33F2N3O7/c1-11(10-37-26-23(35)22(34)21(33)17(9-32)38-26)18-13-6-7-14(18)19-12(13)4-3-5-16(19)29-25(36)15-8-31(2)30-20(15)24(27)28/h3-5,8,11,13-14,17-18,21-24,26,32-35H,6-7,9-10H2,1-2H3,(H,29,36)/t11-,13?,14?,17+,18-,21+,22-,23+,26+/m0/s1. The summed E-state index contributed by atoms with van der Waals surface area (Å²) in [6.45, 7) is 1.69. The van der Waals surface area contributed by atoms with Crippen LogP contribution >= 0.6 is 0 Å². The van der Waals surface area contributed by atoms with Gasteiger partial charge in [0.15, 0.2) is 6.29 Å². The molecule has 208 valence electrons. The predicted molar refractivity (Wildman–Crippen MR) is 130 cm³/mol. The minimum absolute atomic E-state index is 0.000388. The lowest BCUT2D eigenvalue weighted by Gasteiger charge is -2.40. The van der Waals surface area contributed by atoms with Crippen molar-refractivity contribution in [2.24, 2.45) is 18.9 Å². The van der Waals surface area contributed by atoms with Gasteiger partial charge in [-0.2, -0.15) is 5.10 Å². The third-order valence-electron chi connectivity index (χ3n) is 8.21. The fourth-order valence-electron chi connectivity index (χ4n) is 6.54. The molecule has 5 rings (SSSR count). The van der Waals surface area contributed by atoms with Crippen LogP contribution < -0.4 is 5.32 Å². The summed E-state index contributed by atoms with van der Waals surface area (Å²) in [5.41, 5.74) is 1.99. The first-order valence-corrected chi connectivity index (χ1v) is 12.8. The maximum atomic E-state index is 13.4. The summed E-state index contributed by atoms with van der Waals surface area (Å²) >= 11 is 0. The largest absolute Gasteiger partial charge is 0.394 e. The number of nitrogens with one attached hydrogen (secondary N) is 1. The monoisotopic (exact) mass is 537 g/mol. The van der Waals surface area contributed by atoms with Crippen LogP contribution in [0.2, 0.25) is 0 Å². The van der Waals surface area contributed by atoms with E-state index in [4.69, 9.17) is 9.47 Å². The molecular weight excluding hydrogens is 504 g/mol. The molecule has 1 saturated carbocycles. The van der Waals surface area contributed by atoms with Gasteiger partial charge in [-0.05, 0) is 53.7 Å². The molecule has 9 atom stereocenters. The van der Waals surface area contributed by atoms with Gasteiger partial charge in [0.1, 0.15) is 30.1 Å². The van der Waals surface area contributed by atoms with E-state index in [1.807, 2.05) is 19.1 Å². The fourth-order valence-corrected chi connectivity index (χ4v) is 6.54. The Balaban J connectivity index is 1.30. The van der Waals surface area contributed by atoms with Gasteiger partial charge in [-0.15, -0.1) is 0 Å². The SMILES string of the molecule is C[C@@H](CO[C@@H]1O[C@H](CO)[C@@H](O)[C@H](O)[C@H]1O)[C@H]1C2CCC1c1c(NC(=O)c3cn(C)nc3C(F)F)cccc12. The average Bonchev–Trinajstić information content (AvgIpc) is 3.59. The van der Waals surface area contributed by atoms with Crippen LogP contribution in [-0.2, 0) is 16.5 Å². The number of benzene rings is 1. The van der Waals surface area contributed by atoms with Gasteiger partial charge in [0.2, 0.25) is 0 Å². The third-order valence-corrected chi connectivity index (χ3v) is 8.21. The molecule has 2 aliphatic carbocycles. The second kappa shape index (κ2) is 10.6. The van der Waals surface area contributed by atoms with Crippen LogP contribution in [0.25, 0.3) is 0 Å². The van der Waals surface area contributed by atoms with E-state index in [9.17, 15) is 34.0 Å². The Hall–Kier alpha value is -2.48. The van der Waals surface area contributed by atoms with E-state index < -0.39 is 55.3 Å². The van der Waals surface area contributed by atoms with E-state index >= 15 is 0 Å². The van der Waals surface area contributed by atoms with Gasteiger partial charge in [0.05, 0.1) is 18.8 Å². The molecule has 3 aliphatic rings. The van der Waals surface area contributed by atoms with Crippen LogP contribution in [0.15, 0.2) is 24.4 Å². The highest BCUT2D eigenvalue weighted by molar-refractivity contribution is 6.05. The molecule has 2 fully saturated rings. The van der Waals surface area contributed by atoms with Crippen molar-refractivity contribution in [1.29, 1.82) is 0 Å². The lowest BCUT2D eigenvalue weighted by Crippen LogP contribution is -2.59. The van der Waals surface area contributed by atoms with Crippen molar-refractivity contribution < 1.29 is 43.5 Å². The number of halogens is 2. The molecule has 2 bridgehead atoms. The molecule has 2 aromatic rings. The van der Waals surface area contributed by atoms with Gasteiger partial charge >= 0.3 is 0 Å². The van der Waals surface area contributed by atoms with Crippen LogP contribution in [0.5, 0.6) is 0 Å². The highest BCUT2D eigenvalue weighted by Crippen LogP contribution is 2.61. The number of ether oxygens (including phenoxy) is 2. The minimum atomic E-state index is -2.87. The van der Waals surface area contributed by atoms with Crippen LogP contribution in [0.4, 0.5) is 14.5 Å². The lowest BCUT2D eigenvalue weighted by molar-refractivity contribution is -0.303. The van der Waals surface area contributed by atoms with Gasteiger partial charge in [-0.25, -0.2) is 8.78 Å². The molecule has 10 nitrogen and oxygen atoms in total. The number of fused-ring (bicyclic) bond motifs is 5. The van der Waals surface area contributed by atoms with Crippen molar-refractivity contribution in [3.8, 4) is 0 Å². The summed E-state index contributed by atoms with van der Waals surface area (Å²) in [4.78, 5) is 13.0. The van der Waals surface area contributed by atoms with Gasteiger partial charge in [0, 0.05) is 18.9 Å². The Morgan fingerprint density at radius 2 is 1.95 bits per heavy atom. The molecule has 5 N–H and O–H groups in total. The smallest absolute Gasteiger partial charge is 0.282 e. The van der Waals surface area contributed by atoms with Gasteiger partial charge in [-0.3, -0.25) is 9.48 Å². The Kier molecular flexibility index (Phi) is 7.55. The number of aromatic nitrogens is 2. The summed E-state index contributed by atoms with van der Waals surface area (Å²) in [6, 6.07) is 5.66. The van der Waals surface area contributed by atoms with Gasteiger partial charge in [-0.1, -0.05) is 19.1 Å². The summed E-state index contributed by atoms with van der Waals surface area (Å²) in [5, 5.41) is 46.3. The van der Waals surface area contributed by atoms with Gasteiger partial charge in [0.25, 0.3) is 12.3 Å². The number of nitrogens with zero attached hydrogens (tertiary/aromatic N) is 2. The molecule has 1 aromatic carbocycles. The summed E-state index contributed by atoms with van der Waals surface area (Å²) in [5.74, 6) is -0.138. The first-order valence-electron chi connectivity index (χ1n) is 12.8. The molecule has 1 aromatic heterocycles. The molecular formula is C26H33F2N3O7. The first-order chi connectivity index (χ1) is 18.1. The predicted octanol–water partition coefficient (Wildman–Crippen LogP) is 1.65. The van der Waals surface area contributed by atoms with E-state index in [0.29, 0.717) is 5.69 Å². The van der Waals surface area contributed by atoms with E-state index in [0.717, 1.165) is 24.0 Å². The van der Waals surface area contributed by atoms with E-state index in [2.05, 4.69) is 10.4 Å². The number of amides is 1. The number of hydrogen-bond acceptors (Lipinski definition) is 8. The van der Waals surface area contributed by atoms with Gasteiger partial charge < -0.3 is 35.2 Å². The second-order valence-electron chi connectivity index (χ2n) is 10.5. The zero-order valence-electron chi connectivity index (χ0n) is 21.1. The number of aliphatic hydroxyl groups excluding tert-OH is 4. The maximum Gasteiger partial charge on any atom is 0.282 e. The molecule has 12 heteroatoms. The van der Waals surface area contributed by atoms with Crippen LogP contribution in [0, 0.1) is 11.8 Å². The topological polar surface area (TPSA) is 146 Å². The second-order valence-corrected chi connectivity index (χ2v) is 10.5. The molecule has 1 amide bonds. The number of anilines is 1. The molecule has 1 saturated heterocycles. The number of alkyl halides is 2. The number of aliphatic hydroxyl groups is 4. The first kappa shape index (κ1) is 27.1. The Bertz CT molecular complexity index is 1180. The normalized spacial score (nSPS) is 33.0. The molecule has 0 radical (unpaired) electrons. The zero-order chi connectivity index (χ0) is 27.3. The van der Waals surface area contributed by atoms with Crippen LogP contribution in [0.3, 0.4) is 0 Å². The zero-order valence-corrected chi connectivity index (χ0v) is 21.1. The number of carbonyl (C=O) groups is 1. The highest BCUT2D eigenvalue weighted by Gasteiger charge is 2.50. The molecule has 0 spiro atoms. The Labute approximate surface area is 218 Å².